The topological polar surface area (TPSA) is 75.9 Å². The number of nitrogen functional groups attached to an aromatic ring is 1. The molecule has 0 saturated carbocycles. The lowest BCUT2D eigenvalue weighted by Gasteiger charge is -2.14. The minimum absolute atomic E-state index is 0.344. The Labute approximate surface area is 102 Å². The van der Waals surface area contributed by atoms with Crippen molar-refractivity contribution < 1.29 is 0 Å². The van der Waals surface area contributed by atoms with Gasteiger partial charge in [-0.1, -0.05) is 0 Å². The van der Waals surface area contributed by atoms with Gasteiger partial charge in [-0.25, -0.2) is 10.8 Å². The average molecular weight is 292 g/mol. The van der Waals surface area contributed by atoms with Crippen LogP contribution in [0, 0.1) is 0 Å². The first-order valence-corrected chi connectivity index (χ1v) is 6.60. The van der Waals surface area contributed by atoms with Gasteiger partial charge in [-0.05, 0) is 29.1 Å². The van der Waals surface area contributed by atoms with Crippen molar-refractivity contribution >= 4 is 39.5 Å². The minimum Gasteiger partial charge on any atom is -0.366 e. The van der Waals surface area contributed by atoms with Gasteiger partial charge >= 0.3 is 0 Å². The largest absolute Gasteiger partial charge is 0.366 e. The van der Waals surface area contributed by atoms with E-state index in [9.17, 15) is 0 Å². The van der Waals surface area contributed by atoms with Gasteiger partial charge in [0.1, 0.15) is 5.82 Å². The molecule has 0 bridgehead atoms. The van der Waals surface area contributed by atoms with E-state index in [0.29, 0.717) is 12.0 Å². The third-order valence-corrected chi connectivity index (χ3v) is 3.09. The number of hydrazine groups is 1. The van der Waals surface area contributed by atoms with Crippen molar-refractivity contribution in [2.45, 2.75) is 13.0 Å². The molecule has 1 rings (SSSR count). The molecule has 0 aliphatic carbocycles. The fraction of sp³-hybridized carbons (Fsp3) is 0.500. The molecular weight excluding hydrogens is 278 g/mol. The van der Waals surface area contributed by atoms with E-state index in [-0.39, 0.29) is 0 Å². The molecule has 0 fully saturated rings. The molecule has 1 aromatic rings. The third-order valence-electron chi connectivity index (χ3n) is 1.67. The van der Waals surface area contributed by atoms with Crippen LogP contribution in [0.2, 0.25) is 0 Å². The standard InChI is InChI=1S/C8H14BrN5S/c1-5(4-15-2)12-7-6(9)3-11-8(13-7)14-10/h3,5H,4,10H2,1-2H3,(H2,11,12,13,14). The van der Waals surface area contributed by atoms with Crippen molar-refractivity contribution in [1.29, 1.82) is 0 Å². The molecule has 4 N–H and O–H groups in total. The summed E-state index contributed by atoms with van der Waals surface area (Å²) in [5.41, 5.74) is 2.41. The smallest absolute Gasteiger partial charge is 0.239 e. The SMILES string of the molecule is CSCC(C)Nc1nc(NN)ncc1Br. The molecule has 0 saturated heterocycles. The van der Waals surface area contributed by atoms with Crippen LogP contribution in [0.25, 0.3) is 0 Å². The highest BCUT2D eigenvalue weighted by molar-refractivity contribution is 9.10. The van der Waals surface area contributed by atoms with Crippen LogP contribution in [0.1, 0.15) is 6.92 Å². The molecule has 1 heterocycles. The van der Waals surface area contributed by atoms with Crippen molar-refractivity contribution in [1.82, 2.24) is 9.97 Å². The Morgan fingerprint density at radius 3 is 3.00 bits per heavy atom. The zero-order valence-electron chi connectivity index (χ0n) is 8.62. The maximum atomic E-state index is 5.24. The first-order chi connectivity index (χ1) is 7.17. The van der Waals surface area contributed by atoms with Crippen LogP contribution in [0.3, 0.4) is 0 Å². The summed E-state index contributed by atoms with van der Waals surface area (Å²) in [6.45, 7) is 2.10. The number of halogens is 1. The van der Waals surface area contributed by atoms with Gasteiger partial charge in [0.25, 0.3) is 0 Å². The predicted molar refractivity (Wildman–Crippen MR) is 69.0 cm³/mol. The Bertz CT molecular complexity index is 322. The van der Waals surface area contributed by atoms with Crippen molar-refractivity contribution in [3.63, 3.8) is 0 Å². The molecule has 0 aliphatic heterocycles. The highest BCUT2D eigenvalue weighted by Crippen LogP contribution is 2.20. The number of nitrogens with two attached hydrogens (primary N) is 1. The quantitative estimate of drug-likeness (QED) is 0.566. The number of nitrogens with zero attached hydrogens (tertiary/aromatic N) is 2. The van der Waals surface area contributed by atoms with Crippen LogP contribution in [-0.4, -0.2) is 28.0 Å². The summed E-state index contributed by atoms with van der Waals surface area (Å²) in [4.78, 5) is 8.17. The first kappa shape index (κ1) is 12.5. The lowest BCUT2D eigenvalue weighted by Crippen LogP contribution is -2.20. The molecule has 5 nitrogen and oxygen atoms in total. The Kier molecular flexibility index (Phi) is 5.13. The zero-order valence-corrected chi connectivity index (χ0v) is 11.0. The monoisotopic (exact) mass is 291 g/mol. The van der Waals surface area contributed by atoms with E-state index < -0.39 is 0 Å². The highest BCUT2D eigenvalue weighted by Gasteiger charge is 2.07. The normalized spacial score (nSPS) is 12.3. The second kappa shape index (κ2) is 6.14. The molecule has 0 amide bonds. The van der Waals surface area contributed by atoms with E-state index in [4.69, 9.17) is 5.84 Å². The third kappa shape index (κ3) is 3.84. The summed E-state index contributed by atoms with van der Waals surface area (Å²) in [5, 5.41) is 3.27. The summed E-state index contributed by atoms with van der Waals surface area (Å²) in [7, 11) is 0. The van der Waals surface area contributed by atoms with Crippen molar-refractivity contribution in [2.75, 3.05) is 22.8 Å². The summed E-state index contributed by atoms with van der Waals surface area (Å²) in [5.74, 6) is 7.40. The number of nitrogens with one attached hydrogen (secondary N) is 2. The number of anilines is 2. The van der Waals surface area contributed by atoms with Crippen LogP contribution in [0.4, 0.5) is 11.8 Å². The van der Waals surface area contributed by atoms with E-state index in [1.54, 1.807) is 18.0 Å². The van der Waals surface area contributed by atoms with Gasteiger partial charge in [-0.2, -0.15) is 16.7 Å². The number of aromatic nitrogens is 2. The molecule has 7 heteroatoms. The van der Waals surface area contributed by atoms with Crippen LogP contribution < -0.4 is 16.6 Å². The molecule has 0 spiro atoms. The summed E-state index contributed by atoms with van der Waals surface area (Å²) in [6.07, 6.45) is 3.73. The number of thioether (sulfide) groups is 1. The lowest BCUT2D eigenvalue weighted by atomic mass is 10.4. The number of hydrogen-bond donors (Lipinski definition) is 3. The number of hydrogen-bond acceptors (Lipinski definition) is 6. The van der Waals surface area contributed by atoms with E-state index in [1.165, 1.54) is 0 Å². The molecule has 1 unspecified atom stereocenters. The minimum atomic E-state index is 0.344. The van der Waals surface area contributed by atoms with Gasteiger partial charge in [0.15, 0.2) is 0 Å². The summed E-state index contributed by atoms with van der Waals surface area (Å²) in [6, 6.07) is 0.344. The van der Waals surface area contributed by atoms with Crippen LogP contribution in [0.15, 0.2) is 10.7 Å². The zero-order chi connectivity index (χ0) is 11.3. The Hall–Kier alpha value is -0.530. The van der Waals surface area contributed by atoms with Crippen molar-refractivity contribution in [2.24, 2.45) is 5.84 Å². The van der Waals surface area contributed by atoms with Gasteiger partial charge in [0.05, 0.1) is 4.47 Å². The van der Waals surface area contributed by atoms with Gasteiger partial charge in [0.2, 0.25) is 5.95 Å². The molecule has 0 aliphatic rings. The van der Waals surface area contributed by atoms with Crippen molar-refractivity contribution in [3.05, 3.63) is 10.7 Å². The molecule has 0 aromatic carbocycles. The fourth-order valence-corrected chi connectivity index (χ4v) is 1.95. The van der Waals surface area contributed by atoms with Gasteiger partial charge in [-0.3, -0.25) is 5.43 Å². The average Bonchev–Trinajstić information content (AvgIpc) is 2.21. The van der Waals surface area contributed by atoms with E-state index in [1.807, 2.05) is 0 Å². The molecule has 15 heavy (non-hydrogen) atoms. The molecule has 0 radical (unpaired) electrons. The van der Waals surface area contributed by atoms with E-state index in [0.717, 1.165) is 16.0 Å². The lowest BCUT2D eigenvalue weighted by molar-refractivity contribution is 0.897. The van der Waals surface area contributed by atoms with Crippen molar-refractivity contribution in [3.8, 4) is 0 Å². The van der Waals surface area contributed by atoms with E-state index in [2.05, 4.69) is 49.8 Å². The maximum Gasteiger partial charge on any atom is 0.239 e. The molecule has 84 valence electrons. The second-order valence-electron chi connectivity index (χ2n) is 3.04. The Morgan fingerprint density at radius 2 is 2.40 bits per heavy atom. The van der Waals surface area contributed by atoms with Gasteiger partial charge in [0, 0.05) is 18.0 Å². The van der Waals surface area contributed by atoms with Crippen LogP contribution in [0.5, 0.6) is 0 Å². The summed E-state index contributed by atoms with van der Waals surface area (Å²) >= 11 is 5.16. The maximum absolute atomic E-state index is 5.24. The highest BCUT2D eigenvalue weighted by atomic mass is 79.9. The first-order valence-electron chi connectivity index (χ1n) is 4.42. The molecule has 1 atom stereocenters. The fourth-order valence-electron chi connectivity index (χ4n) is 1.06. The Morgan fingerprint density at radius 1 is 1.67 bits per heavy atom. The van der Waals surface area contributed by atoms with E-state index >= 15 is 0 Å². The molecular formula is C8H14BrN5S. The second-order valence-corrected chi connectivity index (χ2v) is 4.80. The van der Waals surface area contributed by atoms with Crippen LogP contribution >= 0.6 is 27.7 Å². The predicted octanol–water partition coefficient (Wildman–Crippen LogP) is 1.69. The number of rotatable bonds is 5. The molecule has 1 aromatic heterocycles. The Balaban J connectivity index is 2.74. The summed E-state index contributed by atoms with van der Waals surface area (Å²) < 4.78 is 0.828. The van der Waals surface area contributed by atoms with Gasteiger partial charge < -0.3 is 5.32 Å². The van der Waals surface area contributed by atoms with Crippen LogP contribution in [-0.2, 0) is 0 Å². The van der Waals surface area contributed by atoms with Gasteiger partial charge in [-0.15, -0.1) is 0 Å².